The minimum absolute atomic E-state index is 0.929. The molecule has 0 saturated carbocycles. The van der Waals surface area contributed by atoms with Crippen LogP contribution in [0.5, 0.6) is 0 Å². The molecule has 13 heavy (non-hydrogen) atoms. The van der Waals surface area contributed by atoms with E-state index >= 15 is 0 Å². The number of benzene rings is 1. The summed E-state index contributed by atoms with van der Waals surface area (Å²) >= 11 is 7.84. The van der Waals surface area contributed by atoms with E-state index in [1.165, 1.54) is 11.1 Å². The zero-order valence-electron chi connectivity index (χ0n) is 7.84. The van der Waals surface area contributed by atoms with Crippen LogP contribution >= 0.6 is 28.6 Å². The topological polar surface area (TPSA) is 0 Å². The predicted octanol–water partition coefficient (Wildman–Crippen LogP) is 4.22. The normalized spacial score (nSPS) is 9.85. The first kappa shape index (κ1) is 10.9. The maximum absolute atomic E-state index is 4.43. The third-order valence-corrected chi connectivity index (χ3v) is 3.00. The van der Waals surface area contributed by atoms with E-state index in [1.807, 2.05) is 0 Å². The van der Waals surface area contributed by atoms with E-state index < -0.39 is 0 Å². The summed E-state index contributed by atoms with van der Waals surface area (Å²) in [5.41, 5.74) is 2.58. The van der Waals surface area contributed by atoms with Gasteiger partial charge in [0.2, 0.25) is 0 Å². The number of thiol groups is 1. The molecule has 0 bridgehead atoms. The second-order valence-electron chi connectivity index (χ2n) is 3.25. The van der Waals surface area contributed by atoms with Gasteiger partial charge < -0.3 is 0 Å². The van der Waals surface area contributed by atoms with Crippen LogP contribution in [0, 0.1) is 0 Å². The molecule has 2 heteroatoms. The molecule has 1 aromatic carbocycles. The van der Waals surface area contributed by atoms with Gasteiger partial charge >= 0.3 is 0 Å². The average Bonchev–Trinajstić information content (AvgIpc) is 2.08. The molecule has 0 amide bonds. The molecule has 70 valence electrons. The van der Waals surface area contributed by atoms with E-state index in [4.69, 9.17) is 0 Å². The second kappa shape index (κ2) is 4.87. The van der Waals surface area contributed by atoms with Crippen LogP contribution in [0.4, 0.5) is 0 Å². The summed E-state index contributed by atoms with van der Waals surface area (Å²) in [4.78, 5) is 1.15. The van der Waals surface area contributed by atoms with Crippen molar-refractivity contribution >= 4 is 28.6 Å². The largest absolute Gasteiger partial charge is 0.148 e. The van der Waals surface area contributed by atoms with Gasteiger partial charge in [-0.05, 0) is 36.4 Å². The van der Waals surface area contributed by atoms with Crippen LogP contribution in [-0.2, 0) is 6.42 Å². The number of hydrogen-bond donors (Lipinski definition) is 1. The first-order chi connectivity index (χ1) is 6.09. The number of hydrogen-bond acceptors (Lipinski definition) is 1. The molecule has 0 unspecified atom stereocenters. The van der Waals surface area contributed by atoms with E-state index in [9.17, 15) is 0 Å². The fraction of sp³-hybridized carbons (Fsp3) is 0.273. The van der Waals surface area contributed by atoms with E-state index in [2.05, 4.69) is 66.7 Å². The van der Waals surface area contributed by atoms with Gasteiger partial charge in [-0.25, -0.2) is 0 Å². The summed E-state index contributed by atoms with van der Waals surface area (Å²) in [5, 5.41) is 0. The van der Waals surface area contributed by atoms with Crippen LogP contribution < -0.4 is 0 Å². The molecule has 0 aliphatic carbocycles. The Morgan fingerprint density at radius 2 is 1.77 bits per heavy atom. The molecule has 0 saturated heterocycles. The van der Waals surface area contributed by atoms with Gasteiger partial charge in [0.25, 0.3) is 0 Å². The maximum atomic E-state index is 4.43. The molecule has 0 nitrogen and oxygen atoms in total. The third-order valence-electron chi connectivity index (χ3n) is 1.86. The van der Waals surface area contributed by atoms with Gasteiger partial charge in [-0.15, -0.1) is 12.6 Å². The van der Waals surface area contributed by atoms with Crippen LogP contribution in [0.2, 0.25) is 0 Å². The molecule has 1 aromatic rings. The first-order valence-corrected chi connectivity index (χ1v) is 5.43. The van der Waals surface area contributed by atoms with Gasteiger partial charge in [0.15, 0.2) is 0 Å². The highest BCUT2D eigenvalue weighted by molar-refractivity contribution is 9.10. The van der Waals surface area contributed by atoms with Crippen LogP contribution in [0.1, 0.15) is 19.4 Å². The fourth-order valence-electron chi connectivity index (χ4n) is 0.972. The highest BCUT2D eigenvalue weighted by atomic mass is 79.9. The lowest BCUT2D eigenvalue weighted by molar-refractivity contribution is 1.19. The lowest BCUT2D eigenvalue weighted by Gasteiger charge is -2.03. The highest BCUT2D eigenvalue weighted by Gasteiger charge is 1.96. The first-order valence-electron chi connectivity index (χ1n) is 4.19. The van der Waals surface area contributed by atoms with Crippen molar-refractivity contribution in [1.29, 1.82) is 0 Å². The van der Waals surface area contributed by atoms with Crippen molar-refractivity contribution in [2.75, 3.05) is 0 Å². The molecule has 0 aliphatic rings. The van der Waals surface area contributed by atoms with Crippen molar-refractivity contribution in [2.24, 2.45) is 0 Å². The maximum Gasteiger partial charge on any atom is 0.0175 e. The summed E-state index contributed by atoms with van der Waals surface area (Å²) in [6.45, 7) is 4.17. The minimum Gasteiger partial charge on any atom is -0.148 e. The predicted molar refractivity (Wildman–Crippen MR) is 65.2 cm³/mol. The Morgan fingerprint density at radius 3 is 2.23 bits per heavy atom. The molecule has 0 radical (unpaired) electrons. The van der Waals surface area contributed by atoms with Gasteiger partial charge in [0, 0.05) is 10.9 Å². The van der Waals surface area contributed by atoms with Crippen LogP contribution in [-0.4, -0.2) is 0 Å². The molecule has 0 atom stereocenters. The Balaban J connectivity index is 2.76. The molecule has 0 aromatic heterocycles. The summed E-state index contributed by atoms with van der Waals surface area (Å²) in [5.74, 6) is 0. The van der Waals surface area contributed by atoms with Crippen molar-refractivity contribution in [3.63, 3.8) is 0 Å². The summed E-state index contributed by atoms with van der Waals surface area (Å²) in [6, 6.07) is 8.34. The zero-order chi connectivity index (χ0) is 9.84. The van der Waals surface area contributed by atoms with Gasteiger partial charge in [0.05, 0.1) is 0 Å². The fourth-order valence-corrected chi connectivity index (χ4v) is 1.42. The van der Waals surface area contributed by atoms with Crippen molar-refractivity contribution < 1.29 is 0 Å². The Morgan fingerprint density at radius 1 is 1.23 bits per heavy atom. The van der Waals surface area contributed by atoms with Gasteiger partial charge in [-0.2, -0.15) is 0 Å². The summed E-state index contributed by atoms with van der Waals surface area (Å²) in [7, 11) is 0. The van der Waals surface area contributed by atoms with Crippen molar-refractivity contribution in [2.45, 2.75) is 20.3 Å². The molecular formula is C11H13BrS. The van der Waals surface area contributed by atoms with Gasteiger partial charge in [0.1, 0.15) is 0 Å². The smallest absolute Gasteiger partial charge is 0.0175 e. The molecule has 0 N–H and O–H groups in total. The Labute approximate surface area is 93.6 Å². The molecule has 0 fully saturated rings. The van der Waals surface area contributed by atoms with E-state index in [1.54, 1.807) is 0 Å². The van der Waals surface area contributed by atoms with Gasteiger partial charge in [-0.1, -0.05) is 33.6 Å². The molecule has 0 aliphatic heterocycles. The Bertz CT molecular complexity index is 307. The van der Waals surface area contributed by atoms with Crippen LogP contribution in [0.3, 0.4) is 0 Å². The van der Waals surface area contributed by atoms with Gasteiger partial charge in [-0.3, -0.25) is 0 Å². The number of halogens is 1. The van der Waals surface area contributed by atoms with Crippen molar-refractivity contribution in [1.82, 2.24) is 0 Å². The van der Waals surface area contributed by atoms with Crippen molar-refractivity contribution in [3.05, 3.63) is 44.8 Å². The average molecular weight is 257 g/mol. The highest BCUT2D eigenvalue weighted by Crippen LogP contribution is 2.17. The second-order valence-corrected chi connectivity index (χ2v) is 4.71. The summed E-state index contributed by atoms with van der Waals surface area (Å²) < 4.78 is 1.12. The molecule has 1 rings (SSSR count). The molecule has 0 heterocycles. The lowest BCUT2D eigenvalue weighted by Crippen LogP contribution is -1.86. The monoisotopic (exact) mass is 256 g/mol. The van der Waals surface area contributed by atoms with Crippen LogP contribution in [0.15, 0.2) is 39.2 Å². The van der Waals surface area contributed by atoms with E-state index in [0.717, 1.165) is 15.8 Å². The quantitative estimate of drug-likeness (QED) is 0.753. The van der Waals surface area contributed by atoms with Crippen molar-refractivity contribution in [3.8, 4) is 0 Å². The standard InChI is InChI=1S/C11H13BrS/c1-8(2)11(13)7-9-3-5-10(12)6-4-9/h3-6,13H,7H2,1-2H3. The molecular weight excluding hydrogens is 244 g/mol. The number of allylic oxidation sites excluding steroid dienone is 2. The SMILES string of the molecule is CC(C)=C(S)Cc1ccc(Br)cc1. The minimum atomic E-state index is 0.929. The number of rotatable bonds is 2. The lowest BCUT2D eigenvalue weighted by atomic mass is 10.1. The summed E-state index contributed by atoms with van der Waals surface area (Å²) in [6.07, 6.45) is 0.929. The van der Waals surface area contributed by atoms with Crippen LogP contribution in [0.25, 0.3) is 0 Å². The Hall–Kier alpha value is -0.210. The zero-order valence-corrected chi connectivity index (χ0v) is 10.3. The van der Waals surface area contributed by atoms with E-state index in [-0.39, 0.29) is 0 Å². The third kappa shape index (κ3) is 3.57. The molecule has 0 spiro atoms. The van der Waals surface area contributed by atoms with E-state index in [0.29, 0.717) is 0 Å². The Kier molecular flexibility index (Phi) is 4.07.